The van der Waals surface area contributed by atoms with Crippen molar-refractivity contribution in [1.29, 1.82) is 0 Å². The molecule has 1 aromatic carbocycles. The predicted molar refractivity (Wildman–Crippen MR) is 82.7 cm³/mol. The van der Waals surface area contributed by atoms with Crippen LogP contribution in [0.2, 0.25) is 0 Å². The Morgan fingerprint density at radius 3 is 2.32 bits per heavy atom. The number of rotatable bonds is 4. The van der Waals surface area contributed by atoms with Gasteiger partial charge in [-0.2, -0.15) is 0 Å². The summed E-state index contributed by atoms with van der Waals surface area (Å²) in [4.78, 5) is 16.6. The van der Waals surface area contributed by atoms with Gasteiger partial charge in [-0.05, 0) is 12.1 Å². The molecule has 2 saturated heterocycles. The highest BCUT2D eigenvalue weighted by atomic mass is 16.5. The number of nitrogens with zero attached hydrogens (tertiary/aromatic N) is 2. The maximum absolute atomic E-state index is 12.3. The molecule has 0 atom stereocenters. The highest BCUT2D eigenvalue weighted by molar-refractivity contribution is 6.00. The van der Waals surface area contributed by atoms with E-state index in [4.69, 9.17) is 9.47 Å². The van der Waals surface area contributed by atoms with Crippen LogP contribution in [-0.4, -0.2) is 74.9 Å². The van der Waals surface area contributed by atoms with Crippen molar-refractivity contribution in [3.05, 3.63) is 23.8 Å². The number of phenolic OH excluding ortho intramolecular Hbond substituents is 1. The van der Waals surface area contributed by atoms with Crippen LogP contribution in [0.5, 0.6) is 5.75 Å². The van der Waals surface area contributed by atoms with Gasteiger partial charge in [-0.15, -0.1) is 0 Å². The van der Waals surface area contributed by atoms with Gasteiger partial charge < -0.3 is 19.5 Å². The average Bonchev–Trinajstić information content (AvgIpc) is 2.56. The minimum Gasteiger partial charge on any atom is -0.507 e. The van der Waals surface area contributed by atoms with Crippen LogP contribution in [0.15, 0.2) is 18.2 Å². The minimum atomic E-state index is -0.0482. The first kappa shape index (κ1) is 15.3. The van der Waals surface area contributed by atoms with E-state index in [2.05, 4.69) is 9.80 Å². The molecule has 2 heterocycles. The lowest BCUT2D eigenvalue weighted by Crippen LogP contribution is -2.39. The number of ketones is 1. The van der Waals surface area contributed by atoms with Crippen molar-refractivity contribution in [2.24, 2.45) is 0 Å². The number of carbonyl (C=O) groups is 1. The van der Waals surface area contributed by atoms with Gasteiger partial charge in [0.2, 0.25) is 0 Å². The van der Waals surface area contributed by atoms with Crippen molar-refractivity contribution < 1.29 is 19.4 Å². The number of aromatic hydroxyl groups is 1. The lowest BCUT2D eigenvalue weighted by molar-refractivity contribution is 0.0370. The molecule has 0 bridgehead atoms. The molecule has 2 aliphatic heterocycles. The van der Waals surface area contributed by atoms with Gasteiger partial charge >= 0.3 is 0 Å². The number of morpholine rings is 2. The number of carbonyl (C=O) groups excluding carboxylic acids is 1. The molecule has 2 fully saturated rings. The number of phenols is 1. The summed E-state index contributed by atoms with van der Waals surface area (Å²) in [6.07, 6.45) is 0. The molecule has 0 aliphatic carbocycles. The van der Waals surface area contributed by atoms with Crippen LogP contribution >= 0.6 is 0 Å². The first-order valence-corrected chi connectivity index (χ1v) is 7.73. The second-order valence-corrected chi connectivity index (χ2v) is 5.61. The summed E-state index contributed by atoms with van der Waals surface area (Å²) in [5.41, 5.74) is 1.33. The molecular formula is C16H22N2O4. The van der Waals surface area contributed by atoms with Crippen molar-refractivity contribution >= 4 is 11.5 Å². The molecule has 0 radical (unpaired) electrons. The van der Waals surface area contributed by atoms with Crippen LogP contribution < -0.4 is 4.90 Å². The molecule has 120 valence electrons. The Balaban J connectivity index is 1.66. The molecule has 1 N–H and O–H groups in total. The zero-order valence-electron chi connectivity index (χ0n) is 12.7. The molecule has 0 amide bonds. The summed E-state index contributed by atoms with van der Waals surface area (Å²) in [5.74, 6) is 0.00942. The first-order valence-electron chi connectivity index (χ1n) is 7.73. The van der Waals surface area contributed by atoms with Gasteiger partial charge in [0, 0.05) is 37.9 Å². The largest absolute Gasteiger partial charge is 0.507 e. The zero-order chi connectivity index (χ0) is 15.4. The molecule has 2 aliphatic rings. The van der Waals surface area contributed by atoms with Crippen molar-refractivity contribution in [3.63, 3.8) is 0 Å². The van der Waals surface area contributed by atoms with Gasteiger partial charge in [-0.25, -0.2) is 0 Å². The number of benzene rings is 1. The van der Waals surface area contributed by atoms with E-state index in [0.717, 1.165) is 31.9 Å². The molecule has 6 heteroatoms. The summed E-state index contributed by atoms with van der Waals surface area (Å²) in [7, 11) is 0. The smallest absolute Gasteiger partial charge is 0.180 e. The summed E-state index contributed by atoms with van der Waals surface area (Å²) in [6.45, 7) is 6.17. The van der Waals surface area contributed by atoms with E-state index in [1.54, 1.807) is 12.1 Å². The zero-order valence-corrected chi connectivity index (χ0v) is 12.7. The van der Waals surface area contributed by atoms with E-state index in [1.165, 1.54) is 0 Å². The third-order valence-corrected chi connectivity index (χ3v) is 4.13. The summed E-state index contributed by atoms with van der Waals surface area (Å²) < 4.78 is 10.6. The number of anilines is 1. The monoisotopic (exact) mass is 306 g/mol. The standard InChI is InChI=1S/C16H22N2O4/c19-15-11-13(18-5-9-22-10-6-18)1-2-14(15)16(20)12-17-3-7-21-8-4-17/h1-2,11,19H,3-10,12H2. The van der Waals surface area contributed by atoms with Gasteiger partial charge in [-0.3, -0.25) is 9.69 Å². The Bertz CT molecular complexity index is 523. The van der Waals surface area contributed by atoms with E-state index in [1.807, 2.05) is 6.07 Å². The topological polar surface area (TPSA) is 62.2 Å². The Morgan fingerprint density at radius 1 is 1.05 bits per heavy atom. The van der Waals surface area contributed by atoms with Crippen LogP contribution in [0.25, 0.3) is 0 Å². The molecule has 0 unspecified atom stereocenters. The lowest BCUT2D eigenvalue weighted by atomic mass is 10.1. The Kier molecular flexibility index (Phi) is 4.92. The van der Waals surface area contributed by atoms with Gasteiger partial charge in [-0.1, -0.05) is 0 Å². The maximum Gasteiger partial charge on any atom is 0.180 e. The van der Waals surface area contributed by atoms with Crippen molar-refractivity contribution in [2.45, 2.75) is 0 Å². The van der Waals surface area contributed by atoms with Gasteiger partial charge in [0.1, 0.15) is 5.75 Å². The van der Waals surface area contributed by atoms with E-state index in [-0.39, 0.29) is 11.5 Å². The van der Waals surface area contributed by atoms with Crippen molar-refractivity contribution in [3.8, 4) is 5.75 Å². The third kappa shape index (κ3) is 3.58. The Labute approximate surface area is 130 Å². The van der Waals surface area contributed by atoms with E-state index in [9.17, 15) is 9.90 Å². The van der Waals surface area contributed by atoms with E-state index in [0.29, 0.717) is 38.5 Å². The Hall–Kier alpha value is -1.63. The minimum absolute atomic E-state index is 0.0482. The first-order chi connectivity index (χ1) is 10.7. The fraction of sp³-hybridized carbons (Fsp3) is 0.562. The van der Waals surface area contributed by atoms with Gasteiger partial charge in [0.05, 0.1) is 38.5 Å². The molecule has 22 heavy (non-hydrogen) atoms. The van der Waals surface area contributed by atoms with Crippen LogP contribution in [0.3, 0.4) is 0 Å². The van der Waals surface area contributed by atoms with E-state index >= 15 is 0 Å². The summed E-state index contributed by atoms with van der Waals surface area (Å²) in [5, 5.41) is 10.2. The normalized spacial score (nSPS) is 20.1. The number of Topliss-reactive ketones (excluding diaryl/α,β-unsaturated/α-hetero) is 1. The van der Waals surface area contributed by atoms with Crippen LogP contribution in [0.4, 0.5) is 5.69 Å². The third-order valence-electron chi connectivity index (χ3n) is 4.13. The van der Waals surface area contributed by atoms with Gasteiger partial charge in [0.15, 0.2) is 5.78 Å². The average molecular weight is 306 g/mol. The van der Waals surface area contributed by atoms with E-state index < -0.39 is 0 Å². The molecule has 6 nitrogen and oxygen atoms in total. The second-order valence-electron chi connectivity index (χ2n) is 5.61. The number of hydrogen-bond donors (Lipinski definition) is 1. The quantitative estimate of drug-likeness (QED) is 0.828. The highest BCUT2D eigenvalue weighted by Crippen LogP contribution is 2.26. The maximum atomic E-state index is 12.3. The van der Waals surface area contributed by atoms with Crippen molar-refractivity contribution in [1.82, 2.24) is 4.90 Å². The van der Waals surface area contributed by atoms with Crippen molar-refractivity contribution in [2.75, 3.05) is 64.1 Å². The summed E-state index contributed by atoms with van der Waals surface area (Å²) in [6, 6.07) is 5.30. The number of ether oxygens (including phenoxy) is 2. The fourth-order valence-electron chi connectivity index (χ4n) is 2.82. The fourth-order valence-corrected chi connectivity index (χ4v) is 2.82. The Morgan fingerprint density at radius 2 is 1.68 bits per heavy atom. The highest BCUT2D eigenvalue weighted by Gasteiger charge is 2.19. The SMILES string of the molecule is O=C(CN1CCOCC1)c1ccc(N2CCOCC2)cc1O. The molecule has 3 rings (SSSR count). The molecule has 0 saturated carbocycles. The molecule has 1 aromatic rings. The number of hydrogen-bond acceptors (Lipinski definition) is 6. The van der Waals surface area contributed by atoms with Gasteiger partial charge in [0.25, 0.3) is 0 Å². The molecule has 0 spiro atoms. The second kappa shape index (κ2) is 7.09. The lowest BCUT2D eigenvalue weighted by Gasteiger charge is -2.29. The molecular weight excluding hydrogens is 284 g/mol. The molecule has 0 aromatic heterocycles. The predicted octanol–water partition coefficient (Wildman–Crippen LogP) is 0.744. The summed E-state index contributed by atoms with van der Waals surface area (Å²) >= 11 is 0. The van der Waals surface area contributed by atoms with Crippen LogP contribution in [0.1, 0.15) is 10.4 Å². The van der Waals surface area contributed by atoms with Crippen LogP contribution in [-0.2, 0) is 9.47 Å². The van der Waals surface area contributed by atoms with Crippen LogP contribution in [0, 0.1) is 0 Å².